The Labute approximate surface area is 117 Å². The molecular formula is C13H15ClO4S. The Balaban J connectivity index is 1.82. The van der Waals surface area contributed by atoms with Crippen LogP contribution in [0.2, 0.25) is 0 Å². The van der Waals surface area contributed by atoms with E-state index in [-0.39, 0.29) is 17.9 Å². The monoisotopic (exact) mass is 302 g/mol. The predicted molar refractivity (Wildman–Crippen MR) is 72.9 cm³/mol. The van der Waals surface area contributed by atoms with Crippen LogP contribution in [0.3, 0.4) is 0 Å². The minimum absolute atomic E-state index is 0.120. The van der Waals surface area contributed by atoms with E-state index in [9.17, 15) is 13.2 Å². The minimum atomic E-state index is -3.17. The first-order valence-corrected chi connectivity index (χ1v) is 8.30. The van der Waals surface area contributed by atoms with Gasteiger partial charge in [0.15, 0.2) is 9.84 Å². The van der Waals surface area contributed by atoms with Crippen LogP contribution in [-0.4, -0.2) is 37.4 Å². The average Bonchev–Trinajstić information content (AvgIpc) is 2.61. The van der Waals surface area contributed by atoms with Crippen molar-refractivity contribution >= 4 is 27.4 Å². The highest BCUT2D eigenvalue weighted by Gasteiger charge is 2.38. The highest BCUT2D eigenvalue weighted by Crippen LogP contribution is 2.21. The van der Waals surface area contributed by atoms with Gasteiger partial charge in [0.05, 0.1) is 16.9 Å². The lowest BCUT2D eigenvalue weighted by Gasteiger charge is -2.13. The van der Waals surface area contributed by atoms with E-state index in [4.69, 9.17) is 16.3 Å². The summed E-state index contributed by atoms with van der Waals surface area (Å²) in [4.78, 5) is 11.7. The van der Waals surface area contributed by atoms with Crippen molar-refractivity contribution in [2.45, 2.75) is 24.3 Å². The summed E-state index contributed by atoms with van der Waals surface area (Å²) in [5.74, 6) is -0.694. The first-order chi connectivity index (χ1) is 8.96. The highest BCUT2D eigenvalue weighted by atomic mass is 35.5. The second-order valence-electron chi connectivity index (χ2n) is 4.61. The van der Waals surface area contributed by atoms with Gasteiger partial charge in [0.1, 0.15) is 6.10 Å². The number of hydrogen-bond donors (Lipinski definition) is 0. The Bertz CT molecular complexity index is 541. The van der Waals surface area contributed by atoms with Crippen molar-refractivity contribution in [1.82, 2.24) is 0 Å². The van der Waals surface area contributed by atoms with E-state index in [1.165, 1.54) is 0 Å². The molecule has 1 fully saturated rings. The molecule has 2 atom stereocenters. The third kappa shape index (κ3) is 4.21. The van der Waals surface area contributed by atoms with Gasteiger partial charge >= 0.3 is 5.97 Å². The largest absolute Gasteiger partial charge is 0.460 e. The molecule has 1 heterocycles. The number of carbonyl (C=O) groups excluding carboxylic acids is 1. The summed E-state index contributed by atoms with van der Waals surface area (Å²) in [5.41, 5.74) is 1.04. The van der Waals surface area contributed by atoms with Gasteiger partial charge in [-0.2, -0.15) is 0 Å². The summed E-state index contributed by atoms with van der Waals surface area (Å²) in [7, 11) is -3.17. The van der Waals surface area contributed by atoms with Crippen LogP contribution in [0.15, 0.2) is 30.3 Å². The number of hydrogen-bond acceptors (Lipinski definition) is 4. The molecule has 0 aliphatic carbocycles. The van der Waals surface area contributed by atoms with Gasteiger partial charge in [0.2, 0.25) is 0 Å². The van der Waals surface area contributed by atoms with E-state index in [1.807, 2.05) is 30.3 Å². The summed E-state index contributed by atoms with van der Waals surface area (Å²) in [5, 5.41) is -0.634. The summed E-state index contributed by atoms with van der Waals surface area (Å²) in [6.07, 6.45) is 0.0888. The SMILES string of the molecule is O=C(CCc1ccccc1)O[C@@H]1CS(=O)(=O)C[C@H]1Cl. The van der Waals surface area contributed by atoms with E-state index in [1.54, 1.807) is 0 Å². The normalized spacial score (nSPS) is 25.1. The molecule has 1 aromatic rings. The maximum absolute atomic E-state index is 11.7. The fourth-order valence-corrected chi connectivity index (χ4v) is 4.46. The van der Waals surface area contributed by atoms with Gasteiger partial charge in [-0.25, -0.2) is 8.42 Å². The summed E-state index contributed by atoms with van der Waals surface area (Å²) in [6.45, 7) is 0. The van der Waals surface area contributed by atoms with Crippen LogP contribution in [0.1, 0.15) is 12.0 Å². The van der Waals surface area contributed by atoms with Crippen molar-refractivity contribution in [1.29, 1.82) is 0 Å². The third-order valence-corrected chi connectivity index (χ3v) is 5.30. The lowest BCUT2D eigenvalue weighted by atomic mass is 10.1. The third-order valence-electron chi connectivity index (χ3n) is 2.98. The van der Waals surface area contributed by atoms with Gasteiger partial charge in [-0.05, 0) is 12.0 Å². The van der Waals surface area contributed by atoms with E-state index >= 15 is 0 Å². The Kier molecular flexibility index (Phi) is 4.47. The molecule has 0 radical (unpaired) electrons. The molecule has 1 saturated heterocycles. The van der Waals surface area contributed by atoms with Crippen molar-refractivity contribution in [2.24, 2.45) is 0 Å². The molecule has 0 saturated carbocycles. The van der Waals surface area contributed by atoms with Crippen LogP contribution >= 0.6 is 11.6 Å². The first-order valence-electron chi connectivity index (χ1n) is 6.04. The Morgan fingerprint density at radius 3 is 2.53 bits per heavy atom. The van der Waals surface area contributed by atoms with Crippen LogP contribution in [0.25, 0.3) is 0 Å². The molecule has 1 aliphatic heterocycles. The zero-order chi connectivity index (χ0) is 13.9. The standard InChI is InChI=1S/C13H15ClO4S/c14-11-8-19(16,17)9-12(11)18-13(15)7-6-10-4-2-1-3-5-10/h1-5,11-12H,6-9H2/t11-,12-/m1/s1. The Morgan fingerprint density at radius 2 is 1.95 bits per heavy atom. The van der Waals surface area contributed by atoms with Gasteiger partial charge in [-0.15, -0.1) is 11.6 Å². The molecule has 0 N–H and O–H groups in total. The fourth-order valence-electron chi connectivity index (χ4n) is 2.00. The number of aryl methyl sites for hydroxylation is 1. The molecular weight excluding hydrogens is 288 g/mol. The van der Waals surface area contributed by atoms with Crippen molar-refractivity contribution in [3.8, 4) is 0 Å². The molecule has 2 rings (SSSR count). The molecule has 0 unspecified atom stereocenters. The lowest BCUT2D eigenvalue weighted by Crippen LogP contribution is -2.26. The number of esters is 1. The number of rotatable bonds is 4. The summed E-state index contributed by atoms with van der Waals surface area (Å²) < 4.78 is 27.8. The summed E-state index contributed by atoms with van der Waals surface area (Å²) in [6, 6.07) is 9.57. The fraction of sp³-hybridized carbons (Fsp3) is 0.462. The van der Waals surface area contributed by atoms with E-state index < -0.39 is 27.3 Å². The highest BCUT2D eigenvalue weighted by molar-refractivity contribution is 7.91. The zero-order valence-electron chi connectivity index (χ0n) is 10.3. The van der Waals surface area contributed by atoms with Crippen LogP contribution in [0, 0.1) is 0 Å². The molecule has 0 aromatic heterocycles. The number of sulfone groups is 1. The van der Waals surface area contributed by atoms with Crippen molar-refractivity contribution < 1.29 is 17.9 Å². The van der Waals surface area contributed by atoms with E-state index in [0.29, 0.717) is 6.42 Å². The van der Waals surface area contributed by atoms with Crippen molar-refractivity contribution in [3.63, 3.8) is 0 Å². The number of halogens is 1. The average molecular weight is 303 g/mol. The second-order valence-corrected chi connectivity index (χ2v) is 7.32. The number of carbonyl (C=O) groups is 1. The Hall–Kier alpha value is -1.07. The Morgan fingerprint density at radius 1 is 1.26 bits per heavy atom. The number of alkyl halides is 1. The van der Waals surface area contributed by atoms with Crippen molar-refractivity contribution in [3.05, 3.63) is 35.9 Å². The lowest BCUT2D eigenvalue weighted by molar-refractivity contribution is -0.147. The number of benzene rings is 1. The molecule has 1 aliphatic rings. The molecule has 0 spiro atoms. The van der Waals surface area contributed by atoms with E-state index in [0.717, 1.165) is 5.56 Å². The smallest absolute Gasteiger partial charge is 0.306 e. The molecule has 0 bridgehead atoms. The maximum atomic E-state index is 11.7. The molecule has 4 nitrogen and oxygen atoms in total. The van der Waals surface area contributed by atoms with Gasteiger partial charge in [-0.3, -0.25) is 4.79 Å². The molecule has 104 valence electrons. The molecule has 1 aromatic carbocycles. The van der Waals surface area contributed by atoms with Crippen LogP contribution in [-0.2, 0) is 25.8 Å². The van der Waals surface area contributed by atoms with E-state index in [2.05, 4.69) is 0 Å². The van der Waals surface area contributed by atoms with Crippen LogP contribution in [0.5, 0.6) is 0 Å². The van der Waals surface area contributed by atoms with Crippen LogP contribution < -0.4 is 0 Å². The van der Waals surface area contributed by atoms with Crippen molar-refractivity contribution in [2.75, 3.05) is 11.5 Å². The second kappa shape index (κ2) is 5.92. The topological polar surface area (TPSA) is 60.4 Å². The van der Waals surface area contributed by atoms with Gasteiger partial charge in [0, 0.05) is 6.42 Å². The molecule has 6 heteroatoms. The quantitative estimate of drug-likeness (QED) is 0.626. The number of ether oxygens (including phenoxy) is 1. The molecule has 19 heavy (non-hydrogen) atoms. The predicted octanol–water partition coefficient (Wildman–Crippen LogP) is 1.57. The van der Waals surface area contributed by atoms with Gasteiger partial charge in [-0.1, -0.05) is 30.3 Å². The zero-order valence-corrected chi connectivity index (χ0v) is 11.9. The molecule has 0 amide bonds. The minimum Gasteiger partial charge on any atom is -0.460 e. The van der Waals surface area contributed by atoms with Crippen LogP contribution in [0.4, 0.5) is 0 Å². The summed E-state index contributed by atoms with van der Waals surface area (Å²) >= 11 is 5.87. The first kappa shape index (κ1) is 14.3. The van der Waals surface area contributed by atoms with Gasteiger partial charge < -0.3 is 4.74 Å². The van der Waals surface area contributed by atoms with Gasteiger partial charge in [0.25, 0.3) is 0 Å². The maximum Gasteiger partial charge on any atom is 0.306 e.